The Bertz CT molecular complexity index is 425. The highest BCUT2D eigenvalue weighted by Crippen LogP contribution is 2.24. The third kappa shape index (κ3) is 3.02. The van der Waals surface area contributed by atoms with Crippen molar-refractivity contribution in [2.45, 2.75) is 4.90 Å². The molecule has 0 bridgehead atoms. The van der Waals surface area contributed by atoms with Crippen molar-refractivity contribution in [2.24, 2.45) is 0 Å². The van der Waals surface area contributed by atoms with Crippen molar-refractivity contribution in [1.82, 2.24) is 0 Å². The second kappa shape index (κ2) is 5.58. The third-order valence-corrected chi connectivity index (χ3v) is 2.61. The van der Waals surface area contributed by atoms with E-state index in [1.165, 1.54) is 12.0 Å². The molecule has 0 unspecified atom stereocenters. The van der Waals surface area contributed by atoms with Gasteiger partial charge in [0.15, 0.2) is 0 Å². The maximum absolute atomic E-state index is 5.66. The van der Waals surface area contributed by atoms with Crippen molar-refractivity contribution in [3.05, 3.63) is 54.6 Å². The molecule has 0 aliphatic carbocycles. The fourth-order valence-electron chi connectivity index (χ4n) is 1.28. The highest BCUT2D eigenvalue weighted by Gasteiger charge is 1.97. The second-order valence-corrected chi connectivity index (χ2v) is 4.11. The number of benzene rings is 2. The van der Waals surface area contributed by atoms with E-state index in [-0.39, 0.29) is 0 Å². The molecular weight excluding hydrogens is 220 g/mol. The SMILES string of the molecule is COSc1ccc(Oc2ccccc2)cc1. The van der Waals surface area contributed by atoms with E-state index in [1.54, 1.807) is 7.11 Å². The summed E-state index contributed by atoms with van der Waals surface area (Å²) in [4.78, 5) is 1.06. The summed E-state index contributed by atoms with van der Waals surface area (Å²) in [6.45, 7) is 0. The average molecular weight is 232 g/mol. The minimum Gasteiger partial charge on any atom is -0.457 e. The van der Waals surface area contributed by atoms with Gasteiger partial charge in [0.05, 0.1) is 7.11 Å². The topological polar surface area (TPSA) is 18.5 Å². The molecule has 0 aliphatic heterocycles. The van der Waals surface area contributed by atoms with Crippen molar-refractivity contribution >= 4 is 12.0 Å². The largest absolute Gasteiger partial charge is 0.457 e. The zero-order chi connectivity index (χ0) is 11.2. The lowest BCUT2D eigenvalue weighted by atomic mass is 10.3. The predicted molar refractivity (Wildman–Crippen MR) is 65.8 cm³/mol. The molecule has 82 valence electrons. The summed E-state index contributed by atoms with van der Waals surface area (Å²) in [5.74, 6) is 1.67. The molecule has 0 saturated carbocycles. The van der Waals surface area contributed by atoms with Crippen LogP contribution in [0.25, 0.3) is 0 Å². The second-order valence-electron chi connectivity index (χ2n) is 3.14. The van der Waals surface area contributed by atoms with Gasteiger partial charge in [-0.2, -0.15) is 0 Å². The van der Waals surface area contributed by atoms with Crippen LogP contribution in [0.15, 0.2) is 59.5 Å². The molecule has 0 saturated heterocycles. The summed E-state index contributed by atoms with van der Waals surface area (Å²) in [7, 11) is 1.65. The third-order valence-electron chi connectivity index (χ3n) is 1.98. The Kier molecular flexibility index (Phi) is 3.86. The quantitative estimate of drug-likeness (QED) is 0.738. The van der Waals surface area contributed by atoms with Crippen LogP contribution in [-0.4, -0.2) is 7.11 Å². The normalized spacial score (nSPS) is 10.1. The van der Waals surface area contributed by atoms with Crippen LogP contribution in [0.3, 0.4) is 0 Å². The van der Waals surface area contributed by atoms with E-state index >= 15 is 0 Å². The molecule has 0 aromatic heterocycles. The lowest BCUT2D eigenvalue weighted by Crippen LogP contribution is -1.83. The van der Waals surface area contributed by atoms with Gasteiger partial charge >= 0.3 is 0 Å². The molecule has 0 fully saturated rings. The van der Waals surface area contributed by atoms with E-state index < -0.39 is 0 Å². The zero-order valence-electron chi connectivity index (χ0n) is 8.92. The van der Waals surface area contributed by atoms with Gasteiger partial charge in [-0.25, -0.2) is 0 Å². The van der Waals surface area contributed by atoms with Crippen molar-refractivity contribution < 1.29 is 8.92 Å². The molecule has 0 amide bonds. The fourth-order valence-corrected chi connectivity index (χ4v) is 1.72. The first-order chi connectivity index (χ1) is 7.88. The molecule has 2 aromatic rings. The van der Waals surface area contributed by atoms with Gasteiger partial charge in [0.1, 0.15) is 11.5 Å². The van der Waals surface area contributed by atoms with Gasteiger partial charge in [0, 0.05) is 16.9 Å². The highest BCUT2D eigenvalue weighted by atomic mass is 32.2. The first-order valence-corrected chi connectivity index (χ1v) is 5.66. The molecule has 2 aromatic carbocycles. The van der Waals surface area contributed by atoms with Gasteiger partial charge in [-0.15, -0.1) is 0 Å². The Labute approximate surface area is 99.4 Å². The Balaban J connectivity index is 2.05. The van der Waals surface area contributed by atoms with Crippen LogP contribution < -0.4 is 4.74 Å². The number of hydrogen-bond donors (Lipinski definition) is 0. The van der Waals surface area contributed by atoms with E-state index in [9.17, 15) is 0 Å². The minimum absolute atomic E-state index is 0.826. The van der Waals surface area contributed by atoms with Crippen LogP contribution in [-0.2, 0) is 4.18 Å². The van der Waals surface area contributed by atoms with E-state index in [4.69, 9.17) is 8.92 Å². The highest BCUT2D eigenvalue weighted by molar-refractivity contribution is 7.94. The van der Waals surface area contributed by atoms with Gasteiger partial charge in [0.25, 0.3) is 0 Å². The van der Waals surface area contributed by atoms with Gasteiger partial charge in [0.2, 0.25) is 0 Å². The van der Waals surface area contributed by atoms with Gasteiger partial charge in [-0.3, -0.25) is 0 Å². The first kappa shape index (κ1) is 11.0. The number of hydrogen-bond acceptors (Lipinski definition) is 3. The molecule has 2 rings (SSSR count). The molecule has 0 N–H and O–H groups in total. The molecule has 2 nitrogen and oxygen atoms in total. The Morgan fingerprint density at radius 2 is 1.44 bits per heavy atom. The smallest absolute Gasteiger partial charge is 0.127 e. The van der Waals surface area contributed by atoms with Crippen molar-refractivity contribution in [1.29, 1.82) is 0 Å². The summed E-state index contributed by atoms with van der Waals surface area (Å²) in [5, 5.41) is 0. The molecule has 0 aliphatic rings. The van der Waals surface area contributed by atoms with Crippen LogP contribution in [0.2, 0.25) is 0 Å². The lowest BCUT2D eigenvalue weighted by molar-refractivity contribution is 0.481. The summed E-state index contributed by atoms with van der Waals surface area (Å²) >= 11 is 1.33. The number of ether oxygens (including phenoxy) is 1. The Morgan fingerprint density at radius 3 is 2.06 bits per heavy atom. The van der Waals surface area contributed by atoms with Crippen LogP contribution in [0.4, 0.5) is 0 Å². The van der Waals surface area contributed by atoms with Gasteiger partial charge in [-0.05, 0) is 36.4 Å². The van der Waals surface area contributed by atoms with Crippen LogP contribution >= 0.6 is 12.0 Å². The Morgan fingerprint density at radius 1 is 0.812 bits per heavy atom. The molecule has 3 heteroatoms. The number of para-hydroxylation sites is 1. The minimum atomic E-state index is 0.826. The molecule has 16 heavy (non-hydrogen) atoms. The van der Waals surface area contributed by atoms with Crippen molar-refractivity contribution in [2.75, 3.05) is 7.11 Å². The van der Waals surface area contributed by atoms with Gasteiger partial charge in [-0.1, -0.05) is 18.2 Å². The summed E-state index contributed by atoms with van der Waals surface area (Å²) < 4.78 is 10.6. The molecular formula is C13H12O2S. The summed E-state index contributed by atoms with van der Waals surface area (Å²) in [6, 6.07) is 17.5. The van der Waals surface area contributed by atoms with Crippen molar-refractivity contribution in [3.8, 4) is 11.5 Å². The maximum atomic E-state index is 5.66. The van der Waals surface area contributed by atoms with E-state index in [0.29, 0.717) is 0 Å². The maximum Gasteiger partial charge on any atom is 0.127 e. The molecule has 0 radical (unpaired) electrons. The molecule has 0 heterocycles. The molecule has 0 spiro atoms. The monoisotopic (exact) mass is 232 g/mol. The van der Waals surface area contributed by atoms with E-state index in [0.717, 1.165) is 16.4 Å². The van der Waals surface area contributed by atoms with E-state index in [2.05, 4.69) is 0 Å². The van der Waals surface area contributed by atoms with Crippen molar-refractivity contribution in [3.63, 3.8) is 0 Å². The average Bonchev–Trinajstić information content (AvgIpc) is 2.33. The van der Waals surface area contributed by atoms with Crippen LogP contribution in [0.5, 0.6) is 11.5 Å². The Hall–Kier alpha value is -1.45. The lowest BCUT2D eigenvalue weighted by Gasteiger charge is -2.05. The summed E-state index contributed by atoms with van der Waals surface area (Å²) in [5.41, 5.74) is 0. The van der Waals surface area contributed by atoms with Crippen LogP contribution in [0, 0.1) is 0 Å². The van der Waals surface area contributed by atoms with Crippen LogP contribution in [0.1, 0.15) is 0 Å². The summed E-state index contributed by atoms with van der Waals surface area (Å²) in [6.07, 6.45) is 0. The van der Waals surface area contributed by atoms with Gasteiger partial charge < -0.3 is 8.92 Å². The molecule has 0 atom stereocenters. The predicted octanol–water partition coefficient (Wildman–Crippen LogP) is 4.13. The first-order valence-electron chi connectivity index (χ1n) is 4.92. The standard InChI is InChI=1S/C13H12O2S/c1-14-16-13-9-7-12(8-10-13)15-11-5-3-2-4-6-11/h2-10H,1H3. The van der Waals surface area contributed by atoms with E-state index in [1.807, 2.05) is 54.6 Å². The zero-order valence-corrected chi connectivity index (χ0v) is 9.74. The fraction of sp³-hybridized carbons (Fsp3) is 0.0769. The number of rotatable bonds is 4.